The predicted octanol–water partition coefficient (Wildman–Crippen LogP) is 3.52. The molecule has 0 heterocycles. The minimum absolute atomic E-state index is 0. The van der Waals surface area contributed by atoms with Crippen molar-refractivity contribution in [1.29, 1.82) is 0 Å². The SMILES string of the molecule is C1=Cc2ccccc21.C1=Cc2ccccc21.O. The summed E-state index contributed by atoms with van der Waals surface area (Å²) < 4.78 is 0. The number of fused-ring (bicyclic) bond motifs is 2. The second-order valence-electron chi connectivity index (χ2n) is 3.92. The van der Waals surface area contributed by atoms with Crippen molar-refractivity contribution in [2.75, 3.05) is 0 Å². The molecule has 2 N–H and O–H groups in total. The number of hydrogen-bond acceptors (Lipinski definition) is 0. The summed E-state index contributed by atoms with van der Waals surface area (Å²) in [5, 5.41) is 0. The highest BCUT2D eigenvalue weighted by Crippen LogP contribution is 2.22. The van der Waals surface area contributed by atoms with Crippen molar-refractivity contribution >= 4 is 24.3 Å². The lowest BCUT2D eigenvalue weighted by molar-refractivity contribution is 0.824. The van der Waals surface area contributed by atoms with Crippen molar-refractivity contribution in [3.8, 4) is 0 Å². The zero-order chi connectivity index (χ0) is 10.8. The van der Waals surface area contributed by atoms with Gasteiger partial charge in [-0.25, -0.2) is 0 Å². The van der Waals surface area contributed by atoms with Gasteiger partial charge in [0, 0.05) is 0 Å². The first-order valence-corrected chi connectivity index (χ1v) is 5.48. The average molecular weight is 222 g/mol. The summed E-state index contributed by atoms with van der Waals surface area (Å²) in [6.07, 6.45) is 8.48. The quantitative estimate of drug-likeness (QED) is 0.436. The van der Waals surface area contributed by atoms with Crippen LogP contribution in [0.5, 0.6) is 0 Å². The fourth-order valence-electron chi connectivity index (χ4n) is 1.80. The van der Waals surface area contributed by atoms with Gasteiger partial charge < -0.3 is 5.48 Å². The first-order valence-electron chi connectivity index (χ1n) is 5.48. The lowest BCUT2D eigenvalue weighted by atomic mass is 9.99. The van der Waals surface area contributed by atoms with Crippen LogP contribution in [0.25, 0.3) is 24.3 Å². The minimum Gasteiger partial charge on any atom is -0.412 e. The van der Waals surface area contributed by atoms with Crippen LogP contribution < -0.4 is 0 Å². The van der Waals surface area contributed by atoms with Crippen LogP contribution in [0.3, 0.4) is 0 Å². The normalized spacial score (nSPS) is 11.8. The highest BCUT2D eigenvalue weighted by Gasteiger charge is 2.00. The number of hydrogen-bond donors (Lipinski definition) is 0. The van der Waals surface area contributed by atoms with Gasteiger partial charge in [0.2, 0.25) is 0 Å². The Balaban J connectivity index is 0.000000120. The Labute approximate surface area is 101 Å². The van der Waals surface area contributed by atoms with Gasteiger partial charge in [-0.1, -0.05) is 72.8 Å². The maximum absolute atomic E-state index is 2.12. The van der Waals surface area contributed by atoms with E-state index in [0.29, 0.717) is 0 Å². The topological polar surface area (TPSA) is 31.5 Å². The highest BCUT2D eigenvalue weighted by atomic mass is 16.0. The van der Waals surface area contributed by atoms with Gasteiger partial charge in [-0.15, -0.1) is 0 Å². The Morgan fingerprint density at radius 2 is 0.647 bits per heavy atom. The Hall–Kier alpha value is -2.12. The van der Waals surface area contributed by atoms with E-state index in [4.69, 9.17) is 0 Å². The first-order chi connectivity index (χ1) is 7.93. The summed E-state index contributed by atoms with van der Waals surface area (Å²) in [6, 6.07) is 16.7. The van der Waals surface area contributed by atoms with Gasteiger partial charge in [0.25, 0.3) is 0 Å². The van der Waals surface area contributed by atoms with E-state index in [9.17, 15) is 0 Å². The molecular weight excluding hydrogens is 208 g/mol. The zero-order valence-electron chi connectivity index (χ0n) is 9.43. The van der Waals surface area contributed by atoms with Crippen molar-refractivity contribution in [2.24, 2.45) is 0 Å². The maximum atomic E-state index is 2.12. The Morgan fingerprint density at radius 3 is 0.765 bits per heavy atom. The van der Waals surface area contributed by atoms with E-state index in [1.165, 1.54) is 22.3 Å². The van der Waals surface area contributed by atoms with Gasteiger partial charge in [0.05, 0.1) is 0 Å². The molecule has 2 aromatic rings. The molecule has 0 fully saturated rings. The Morgan fingerprint density at radius 1 is 0.412 bits per heavy atom. The fourth-order valence-corrected chi connectivity index (χ4v) is 1.80. The summed E-state index contributed by atoms with van der Waals surface area (Å²) in [4.78, 5) is 0. The van der Waals surface area contributed by atoms with E-state index < -0.39 is 0 Å². The van der Waals surface area contributed by atoms with Gasteiger partial charge in [-0.3, -0.25) is 0 Å². The van der Waals surface area contributed by atoms with Gasteiger partial charge >= 0.3 is 0 Å². The second-order valence-corrected chi connectivity index (χ2v) is 3.92. The largest absolute Gasteiger partial charge is 0.412 e. The molecule has 0 aliphatic heterocycles. The fraction of sp³-hybridized carbons (Fsp3) is 0. The van der Waals surface area contributed by atoms with Crippen molar-refractivity contribution < 1.29 is 5.48 Å². The molecule has 0 radical (unpaired) electrons. The summed E-state index contributed by atoms with van der Waals surface area (Å²) >= 11 is 0. The average Bonchev–Trinajstić information content (AvgIpc) is 2.23. The van der Waals surface area contributed by atoms with E-state index in [-0.39, 0.29) is 5.48 Å². The molecule has 0 atom stereocenters. The molecule has 17 heavy (non-hydrogen) atoms. The summed E-state index contributed by atoms with van der Waals surface area (Å²) in [5.41, 5.74) is 5.47. The molecule has 0 bridgehead atoms. The third kappa shape index (κ3) is 2.19. The zero-order valence-corrected chi connectivity index (χ0v) is 9.43. The predicted molar refractivity (Wildman–Crippen MR) is 74.4 cm³/mol. The molecule has 2 aromatic carbocycles. The summed E-state index contributed by atoms with van der Waals surface area (Å²) in [7, 11) is 0. The molecule has 1 nitrogen and oxygen atoms in total. The van der Waals surface area contributed by atoms with Crippen molar-refractivity contribution in [2.45, 2.75) is 0 Å². The molecular formula is C16H14O. The van der Waals surface area contributed by atoms with Crippen LogP contribution in [-0.2, 0) is 0 Å². The van der Waals surface area contributed by atoms with Crippen molar-refractivity contribution in [1.82, 2.24) is 0 Å². The number of benzene rings is 2. The lowest BCUT2D eigenvalue weighted by Crippen LogP contribution is -1.85. The molecule has 0 spiro atoms. The first kappa shape index (κ1) is 11.4. The second kappa shape index (κ2) is 4.81. The Kier molecular flexibility index (Phi) is 3.22. The molecule has 0 aromatic heterocycles. The van der Waals surface area contributed by atoms with E-state index >= 15 is 0 Å². The van der Waals surface area contributed by atoms with Gasteiger partial charge in [0.1, 0.15) is 0 Å². The van der Waals surface area contributed by atoms with E-state index in [0.717, 1.165) is 0 Å². The van der Waals surface area contributed by atoms with Crippen LogP contribution in [0, 0.1) is 0 Å². The number of rotatable bonds is 0. The molecule has 1 heteroatoms. The van der Waals surface area contributed by atoms with E-state index in [1.54, 1.807) is 0 Å². The highest BCUT2D eigenvalue weighted by molar-refractivity contribution is 5.85. The molecule has 0 unspecified atom stereocenters. The van der Waals surface area contributed by atoms with Crippen molar-refractivity contribution in [3.63, 3.8) is 0 Å². The molecule has 84 valence electrons. The molecule has 0 saturated heterocycles. The van der Waals surface area contributed by atoms with Crippen LogP contribution in [0.1, 0.15) is 22.3 Å². The van der Waals surface area contributed by atoms with Gasteiger partial charge in [-0.2, -0.15) is 0 Å². The molecule has 2 aliphatic rings. The standard InChI is InChI=1S/2C8H6.H2O/c2*1-2-4-8-6-5-7(8)3-1;/h2*1-6H;1H2. The summed E-state index contributed by atoms with van der Waals surface area (Å²) in [5.74, 6) is 0. The lowest BCUT2D eigenvalue weighted by Gasteiger charge is -2.06. The van der Waals surface area contributed by atoms with Gasteiger partial charge in [-0.05, 0) is 22.3 Å². The third-order valence-corrected chi connectivity index (χ3v) is 2.88. The van der Waals surface area contributed by atoms with E-state index in [1.807, 2.05) is 0 Å². The minimum atomic E-state index is 0. The monoisotopic (exact) mass is 222 g/mol. The summed E-state index contributed by atoms with van der Waals surface area (Å²) in [6.45, 7) is 0. The van der Waals surface area contributed by atoms with Crippen LogP contribution in [0.2, 0.25) is 0 Å². The van der Waals surface area contributed by atoms with Crippen LogP contribution in [-0.4, -0.2) is 5.48 Å². The van der Waals surface area contributed by atoms with Crippen molar-refractivity contribution in [3.05, 3.63) is 70.8 Å². The van der Waals surface area contributed by atoms with Crippen LogP contribution in [0.4, 0.5) is 0 Å². The third-order valence-electron chi connectivity index (χ3n) is 2.88. The maximum Gasteiger partial charge on any atom is -0.0184 e. The van der Waals surface area contributed by atoms with Crippen LogP contribution >= 0.6 is 0 Å². The van der Waals surface area contributed by atoms with Gasteiger partial charge in [0.15, 0.2) is 0 Å². The van der Waals surface area contributed by atoms with Crippen LogP contribution in [0.15, 0.2) is 48.5 Å². The molecule has 2 aliphatic carbocycles. The van der Waals surface area contributed by atoms with E-state index in [2.05, 4.69) is 72.8 Å². The Bertz CT molecular complexity index is 476. The molecule has 0 saturated carbocycles. The molecule has 0 amide bonds. The smallest absolute Gasteiger partial charge is 0.0184 e. The molecule has 4 rings (SSSR count).